The minimum Gasteiger partial charge on any atom is -0.357 e. The molecule has 0 spiro atoms. The lowest BCUT2D eigenvalue weighted by Crippen LogP contribution is -1.89. The fourth-order valence-electron chi connectivity index (χ4n) is 2.39. The zero-order chi connectivity index (χ0) is 12.1. The number of H-pyrrole nitrogens is 1. The van der Waals surface area contributed by atoms with E-state index in [0.29, 0.717) is 0 Å². The van der Waals surface area contributed by atoms with Gasteiger partial charge in [0, 0.05) is 11.9 Å². The first-order chi connectivity index (χ1) is 8.36. The molecular formula is C14H21N3. The molecule has 17 heavy (non-hydrogen) atoms. The summed E-state index contributed by atoms with van der Waals surface area (Å²) in [6.45, 7) is 0. The fourth-order valence-corrected chi connectivity index (χ4v) is 2.39. The van der Waals surface area contributed by atoms with Crippen molar-refractivity contribution in [2.45, 2.75) is 32.1 Å². The quantitative estimate of drug-likeness (QED) is 0.684. The standard InChI is InChI=1S/C12H14N2.C2H7N/c1-2-5-9-10(6-3-1)14-11-7-4-8-13-12(9)11;1-3-2/h4,7-8,14H,1-3,5-6H2;3H,1-2H3. The van der Waals surface area contributed by atoms with Crippen LogP contribution in [0.25, 0.3) is 11.0 Å². The first-order valence-corrected chi connectivity index (χ1v) is 6.39. The van der Waals surface area contributed by atoms with Crippen LogP contribution in [0.5, 0.6) is 0 Å². The Labute approximate surface area is 103 Å². The number of hydrogen-bond acceptors (Lipinski definition) is 2. The molecule has 0 atom stereocenters. The van der Waals surface area contributed by atoms with Crippen molar-refractivity contribution < 1.29 is 0 Å². The zero-order valence-electron chi connectivity index (χ0n) is 10.7. The third kappa shape index (κ3) is 2.67. The highest BCUT2D eigenvalue weighted by Crippen LogP contribution is 2.26. The second-order valence-corrected chi connectivity index (χ2v) is 4.54. The van der Waals surface area contributed by atoms with Crippen LogP contribution in [0.2, 0.25) is 0 Å². The third-order valence-corrected chi connectivity index (χ3v) is 3.10. The van der Waals surface area contributed by atoms with E-state index in [1.165, 1.54) is 54.4 Å². The Morgan fingerprint density at radius 3 is 2.76 bits per heavy atom. The van der Waals surface area contributed by atoms with Gasteiger partial charge in [-0.15, -0.1) is 0 Å². The van der Waals surface area contributed by atoms with Gasteiger partial charge in [0.05, 0.1) is 11.0 Å². The Hall–Kier alpha value is -1.35. The van der Waals surface area contributed by atoms with Crippen LogP contribution in [0.4, 0.5) is 0 Å². The second kappa shape index (κ2) is 5.82. The topological polar surface area (TPSA) is 40.7 Å². The van der Waals surface area contributed by atoms with Crippen molar-refractivity contribution in [2.24, 2.45) is 0 Å². The molecule has 0 saturated carbocycles. The normalized spacial score (nSPS) is 14.7. The second-order valence-electron chi connectivity index (χ2n) is 4.54. The van der Waals surface area contributed by atoms with Gasteiger partial charge in [-0.05, 0) is 57.5 Å². The highest BCUT2D eigenvalue weighted by molar-refractivity contribution is 5.80. The summed E-state index contributed by atoms with van der Waals surface area (Å²) in [5.74, 6) is 0. The van der Waals surface area contributed by atoms with Crippen LogP contribution in [0, 0.1) is 0 Å². The fraction of sp³-hybridized carbons (Fsp3) is 0.500. The van der Waals surface area contributed by atoms with Gasteiger partial charge in [-0.2, -0.15) is 0 Å². The van der Waals surface area contributed by atoms with E-state index in [-0.39, 0.29) is 0 Å². The van der Waals surface area contributed by atoms with Gasteiger partial charge < -0.3 is 10.3 Å². The van der Waals surface area contributed by atoms with Crippen LogP contribution in [-0.2, 0) is 12.8 Å². The Kier molecular flexibility index (Phi) is 4.15. The molecule has 0 bridgehead atoms. The molecule has 2 heterocycles. The van der Waals surface area contributed by atoms with E-state index in [1.807, 2.05) is 26.4 Å². The van der Waals surface area contributed by atoms with Crippen LogP contribution < -0.4 is 5.32 Å². The number of aromatic amines is 1. The van der Waals surface area contributed by atoms with Crippen molar-refractivity contribution >= 4 is 11.0 Å². The maximum Gasteiger partial charge on any atom is 0.0913 e. The van der Waals surface area contributed by atoms with Gasteiger partial charge in [-0.25, -0.2) is 0 Å². The van der Waals surface area contributed by atoms with Gasteiger partial charge in [-0.3, -0.25) is 4.98 Å². The SMILES string of the molecule is CNC.c1cnc2c3c([nH]c2c1)CCCCC3. The molecule has 0 unspecified atom stereocenters. The predicted molar refractivity (Wildman–Crippen MR) is 72.3 cm³/mol. The van der Waals surface area contributed by atoms with E-state index in [1.54, 1.807) is 0 Å². The van der Waals surface area contributed by atoms with Crippen molar-refractivity contribution in [3.8, 4) is 0 Å². The molecule has 3 heteroatoms. The number of nitrogens with one attached hydrogen (secondary N) is 2. The van der Waals surface area contributed by atoms with E-state index in [0.717, 1.165) is 0 Å². The molecular weight excluding hydrogens is 210 g/mol. The summed E-state index contributed by atoms with van der Waals surface area (Å²) >= 11 is 0. The van der Waals surface area contributed by atoms with E-state index in [4.69, 9.17) is 0 Å². The summed E-state index contributed by atoms with van der Waals surface area (Å²) in [4.78, 5) is 7.96. The lowest BCUT2D eigenvalue weighted by molar-refractivity contribution is 0.708. The van der Waals surface area contributed by atoms with Gasteiger partial charge in [0.1, 0.15) is 0 Å². The van der Waals surface area contributed by atoms with Crippen LogP contribution in [0.15, 0.2) is 18.3 Å². The van der Waals surface area contributed by atoms with Crippen molar-refractivity contribution in [3.63, 3.8) is 0 Å². The summed E-state index contributed by atoms with van der Waals surface area (Å²) in [5.41, 5.74) is 5.30. The lowest BCUT2D eigenvalue weighted by Gasteiger charge is -1.95. The number of pyridine rings is 1. The van der Waals surface area contributed by atoms with Crippen molar-refractivity contribution in [1.29, 1.82) is 0 Å². The number of fused-ring (bicyclic) bond motifs is 3. The van der Waals surface area contributed by atoms with Gasteiger partial charge in [0.2, 0.25) is 0 Å². The van der Waals surface area contributed by atoms with Crippen LogP contribution >= 0.6 is 0 Å². The largest absolute Gasteiger partial charge is 0.357 e. The minimum absolute atomic E-state index is 1.20. The molecule has 3 nitrogen and oxygen atoms in total. The summed E-state index contributed by atoms with van der Waals surface area (Å²) in [7, 11) is 3.75. The number of aryl methyl sites for hydroxylation is 2. The Morgan fingerprint density at radius 1 is 1.18 bits per heavy atom. The molecule has 1 aliphatic carbocycles. The van der Waals surface area contributed by atoms with Crippen molar-refractivity contribution in [3.05, 3.63) is 29.6 Å². The molecule has 2 aromatic rings. The first-order valence-electron chi connectivity index (χ1n) is 6.39. The smallest absolute Gasteiger partial charge is 0.0913 e. The summed E-state index contributed by atoms with van der Waals surface area (Å²) in [5, 5.41) is 2.75. The van der Waals surface area contributed by atoms with Crippen LogP contribution in [0.3, 0.4) is 0 Å². The number of aromatic nitrogens is 2. The van der Waals surface area contributed by atoms with Gasteiger partial charge in [0.25, 0.3) is 0 Å². The molecule has 0 radical (unpaired) electrons. The molecule has 3 rings (SSSR count). The summed E-state index contributed by atoms with van der Waals surface area (Å²) < 4.78 is 0. The van der Waals surface area contributed by atoms with Crippen LogP contribution in [0.1, 0.15) is 30.5 Å². The van der Waals surface area contributed by atoms with Crippen LogP contribution in [-0.4, -0.2) is 24.1 Å². The Bertz CT molecular complexity index is 473. The number of nitrogens with zero attached hydrogens (tertiary/aromatic N) is 1. The Morgan fingerprint density at radius 2 is 1.94 bits per heavy atom. The van der Waals surface area contributed by atoms with Gasteiger partial charge >= 0.3 is 0 Å². The number of rotatable bonds is 0. The molecule has 0 fully saturated rings. The zero-order valence-corrected chi connectivity index (χ0v) is 10.7. The molecule has 1 aliphatic rings. The van der Waals surface area contributed by atoms with E-state index in [9.17, 15) is 0 Å². The van der Waals surface area contributed by atoms with E-state index < -0.39 is 0 Å². The third-order valence-electron chi connectivity index (χ3n) is 3.10. The Balaban J connectivity index is 0.000000329. The minimum atomic E-state index is 1.20. The summed E-state index contributed by atoms with van der Waals surface area (Å²) in [6.07, 6.45) is 8.28. The molecule has 2 N–H and O–H groups in total. The lowest BCUT2D eigenvalue weighted by atomic mass is 10.1. The molecule has 0 saturated heterocycles. The van der Waals surface area contributed by atoms with Crippen molar-refractivity contribution in [1.82, 2.24) is 15.3 Å². The monoisotopic (exact) mass is 231 g/mol. The molecule has 0 amide bonds. The maximum absolute atomic E-state index is 4.46. The van der Waals surface area contributed by atoms with Crippen molar-refractivity contribution in [2.75, 3.05) is 14.1 Å². The van der Waals surface area contributed by atoms with E-state index >= 15 is 0 Å². The number of hydrogen-bond donors (Lipinski definition) is 2. The van der Waals surface area contributed by atoms with E-state index in [2.05, 4.69) is 21.4 Å². The average Bonchev–Trinajstić information content (AvgIpc) is 2.53. The summed E-state index contributed by atoms with van der Waals surface area (Å²) in [6, 6.07) is 4.12. The molecule has 2 aromatic heterocycles. The van der Waals surface area contributed by atoms with Gasteiger partial charge in [-0.1, -0.05) is 6.42 Å². The highest BCUT2D eigenvalue weighted by atomic mass is 14.8. The average molecular weight is 231 g/mol. The highest BCUT2D eigenvalue weighted by Gasteiger charge is 2.14. The molecule has 0 aromatic carbocycles. The predicted octanol–water partition coefficient (Wildman–Crippen LogP) is 2.67. The molecule has 0 aliphatic heterocycles. The maximum atomic E-state index is 4.46. The van der Waals surface area contributed by atoms with Gasteiger partial charge in [0.15, 0.2) is 0 Å². The first kappa shape index (κ1) is 12.1. The molecule has 92 valence electrons.